The summed E-state index contributed by atoms with van der Waals surface area (Å²) in [5, 5.41) is 8.22. The highest BCUT2D eigenvalue weighted by Gasteiger charge is 2.42. The minimum Gasteiger partial charge on any atom is -0.493 e. The molecule has 2 aromatic heterocycles. The van der Waals surface area contributed by atoms with Crippen LogP contribution in [0.3, 0.4) is 0 Å². The van der Waals surface area contributed by atoms with Gasteiger partial charge in [0.2, 0.25) is 11.7 Å². The van der Waals surface area contributed by atoms with E-state index in [1.54, 1.807) is 38.4 Å². The van der Waals surface area contributed by atoms with E-state index in [1.807, 2.05) is 24.3 Å². The Morgan fingerprint density at radius 1 is 1.09 bits per heavy atom. The molecular weight excluding hydrogens is 434 g/mol. The zero-order valence-electron chi connectivity index (χ0n) is 19.9. The van der Waals surface area contributed by atoms with Gasteiger partial charge in [-0.05, 0) is 35.6 Å². The summed E-state index contributed by atoms with van der Waals surface area (Å²) < 4.78 is 18.2. The first-order valence-electron chi connectivity index (χ1n) is 11.1. The standard InChI is InChI=1S/C25H27N5O4/c1-25(2)11-16-20(17(31)12-25)21(14-7-6-8-26-13-14)30-24(27-16)28-23(29-30)15-9-18(32-3)22(34-5)19(10-15)33-4/h6-10,13,21H,11-12H2,1-5H3,(H,27,28,29)/t21-/m1/s1. The molecule has 176 valence electrons. The number of benzene rings is 1. The number of carbonyl (C=O) groups is 1. The topological polar surface area (TPSA) is 100 Å². The molecule has 1 aromatic carbocycles. The van der Waals surface area contributed by atoms with Crippen molar-refractivity contribution in [1.82, 2.24) is 19.7 Å². The maximum absolute atomic E-state index is 13.3. The number of anilines is 1. The number of hydrogen-bond donors (Lipinski definition) is 1. The molecule has 9 heteroatoms. The number of Topliss-reactive ketones (excluding diaryl/α,β-unsaturated/α-hetero) is 1. The van der Waals surface area contributed by atoms with Crippen LogP contribution in [0, 0.1) is 5.41 Å². The monoisotopic (exact) mass is 461 g/mol. The average molecular weight is 462 g/mol. The maximum Gasteiger partial charge on any atom is 0.226 e. The van der Waals surface area contributed by atoms with Crippen molar-refractivity contribution >= 4 is 11.7 Å². The summed E-state index contributed by atoms with van der Waals surface area (Å²) in [5.41, 5.74) is 3.07. The van der Waals surface area contributed by atoms with Crippen LogP contribution >= 0.6 is 0 Å². The molecule has 5 rings (SSSR count). The summed E-state index contributed by atoms with van der Waals surface area (Å²) in [7, 11) is 4.70. The molecule has 0 unspecified atom stereocenters. The van der Waals surface area contributed by atoms with Crippen LogP contribution in [0.25, 0.3) is 11.4 Å². The Hall–Kier alpha value is -3.88. The van der Waals surface area contributed by atoms with E-state index in [4.69, 9.17) is 24.3 Å². The minimum absolute atomic E-state index is 0.114. The highest BCUT2D eigenvalue weighted by molar-refractivity contribution is 6.00. The number of carbonyl (C=O) groups excluding carboxylic acids is 1. The van der Waals surface area contributed by atoms with Crippen molar-refractivity contribution in [2.45, 2.75) is 32.7 Å². The van der Waals surface area contributed by atoms with E-state index in [9.17, 15) is 4.79 Å². The van der Waals surface area contributed by atoms with Crippen LogP contribution in [0.15, 0.2) is 47.9 Å². The molecule has 0 bridgehead atoms. The lowest BCUT2D eigenvalue weighted by Crippen LogP contribution is -2.36. The number of rotatable bonds is 5. The molecular formula is C25H27N5O4. The zero-order chi connectivity index (χ0) is 24.0. The number of nitrogens with one attached hydrogen (secondary N) is 1. The van der Waals surface area contributed by atoms with Crippen LogP contribution in [-0.4, -0.2) is 46.9 Å². The van der Waals surface area contributed by atoms with Gasteiger partial charge in [-0.1, -0.05) is 19.9 Å². The van der Waals surface area contributed by atoms with Gasteiger partial charge >= 0.3 is 0 Å². The summed E-state index contributed by atoms with van der Waals surface area (Å²) in [6.45, 7) is 4.21. The Balaban J connectivity index is 1.67. The van der Waals surface area contributed by atoms with E-state index < -0.39 is 6.04 Å². The van der Waals surface area contributed by atoms with Crippen LogP contribution in [0.1, 0.15) is 38.3 Å². The van der Waals surface area contributed by atoms with E-state index in [0.717, 1.165) is 23.3 Å². The Kier molecular flexibility index (Phi) is 5.27. The number of ketones is 1. The molecule has 34 heavy (non-hydrogen) atoms. The van der Waals surface area contributed by atoms with Gasteiger partial charge in [0.05, 0.1) is 21.3 Å². The molecule has 0 fully saturated rings. The van der Waals surface area contributed by atoms with Gasteiger partial charge < -0.3 is 19.5 Å². The minimum atomic E-state index is -0.410. The molecule has 0 radical (unpaired) electrons. The molecule has 1 N–H and O–H groups in total. The summed E-state index contributed by atoms with van der Waals surface area (Å²) in [5.74, 6) is 2.67. The van der Waals surface area contributed by atoms with Gasteiger partial charge in [-0.25, -0.2) is 4.68 Å². The second-order valence-corrected chi connectivity index (χ2v) is 9.26. The quantitative estimate of drug-likeness (QED) is 0.608. The van der Waals surface area contributed by atoms with Gasteiger partial charge in [-0.3, -0.25) is 9.78 Å². The molecule has 0 amide bonds. The van der Waals surface area contributed by atoms with Crippen LogP contribution in [0.5, 0.6) is 17.2 Å². The summed E-state index contributed by atoms with van der Waals surface area (Å²) in [6, 6.07) is 7.04. The number of hydrogen-bond acceptors (Lipinski definition) is 8. The molecule has 3 heterocycles. The molecule has 0 spiro atoms. The van der Waals surface area contributed by atoms with Crippen LogP contribution in [-0.2, 0) is 4.79 Å². The summed E-state index contributed by atoms with van der Waals surface area (Å²) in [4.78, 5) is 22.4. The van der Waals surface area contributed by atoms with E-state index in [-0.39, 0.29) is 11.2 Å². The number of allylic oxidation sites excluding steroid dienone is 2. The number of fused-ring (bicyclic) bond motifs is 1. The van der Waals surface area contributed by atoms with Gasteiger partial charge in [0, 0.05) is 35.6 Å². The number of ether oxygens (including phenoxy) is 3. The van der Waals surface area contributed by atoms with Crippen molar-refractivity contribution in [2.75, 3.05) is 26.6 Å². The van der Waals surface area contributed by atoms with E-state index >= 15 is 0 Å². The Morgan fingerprint density at radius 3 is 2.44 bits per heavy atom. The van der Waals surface area contributed by atoms with Gasteiger partial charge in [0.25, 0.3) is 0 Å². The Morgan fingerprint density at radius 2 is 1.82 bits per heavy atom. The molecule has 9 nitrogen and oxygen atoms in total. The molecule has 1 aliphatic carbocycles. The third kappa shape index (κ3) is 3.57. The average Bonchev–Trinajstić information content (AvgIpc) is 3.25. The van der Waals surface area contributed by atoms with Crippen LogP contribution in [0.4, 0.5) is 5.95 Å². The maximum atomic E-state index is 13.3. The first-order chi connectivity index (χ1) is 16.3. The van der Waals surface area contributed by atoms with Gasteiger partial charge in [0.15, 0.2) is 23.1 Å². The first-order valence-corrected chi connectivity index (χ1v) is 11.1. The smallest absolute Gasteiger partial charge is 0.226 e. The van der Waals surface area contributed by atoms with Crippen molar-refractivity contribution < 1.29 is 19.0 Å². The predicted octanol–water partition coefficient (Wildman–Crippen LogP) is 4.02. The van der Waals surface area contributed by atoms with Crippen molar-refractivity contribution in [3.05, 3.63) is 53.5 Å². The molecule has 1 aliphatic heterocycles. The third-order valence-electron chi connectivity index (χ3n) is 6.26. The largest absolute Gasteiger partial charge is 0.493 e. The third-order valence-corrected chi connectivity index (χ3v) is 6.26. The van der Waals surface area contributed by atoms with Crippen molar-refractivity contribution in [2.24, 2.45) is 5.41 Å². The first kappa shape index (κ1) is 21.9. The Labute approximate surface area is 197 Å². The lowest BCUT2D eigenvalue weighted by atomic mass is 9.73. The molecule has 1 atom stereocenters. The van der Waals surface area contributed by atoms with Gasteiger partial charge in [-0.15, -0.1) is 5.10 Å². The normalized spacial score (nSPS) is 18.6. The van der Waals surface area contributed by atoms with Gasteiger partial charge in [-0.2, -0.15) is 4.98 Å². The summed E-state index contributed by atoms with van der Waals surface area (Å²) >= 11 is 0. The molecule has 3 aromatic rings. The second-order valence-electron chi connectivity index (χ2n) is 9.26. The number of nitrogens with zero attached hydrogens (tertiary/aromatic N) is 4. The number of methoxy groups -OCH3 is 3. The molecule has 0 saturated carbocycles. The molecule has 0 saturated heterocycles. The lowest BCUT2D eigenvalue weighted by molar-refractivity contribution is -0.118. The lowest BCUT2D eigenvalue weighted by Gasteiger charge is -2.38. The summed E-state index contributed by atoms with van der Waals surface area (Å²) in [6.07, 6.45) is 4.72. The highest BCUT2D eigenvalue weighted by Crippen LogP contribution is 2.46. The van der Waals surface area contributed by atoms with E-state index in [2.05, 4.69) is 24.1 Å². The van der Waals surface area contributed by atoms with Crippen LogP contribution in [0.2, 0.25) is 0 Å². The predicted molar refractivity (Wildman–Crippen MR) is 126 cm³/mol. The number of aromatic nitrogens is 4. The van der Waals surface area contributed by atoms with Crippen LogP contribution < -0.4 is 19.5 Å². The van der Waals surface area contributed by atoms with Crippen molar-refractivity contribution in [3.63, 3.8) is 0 Å². The van der Waals surface area contributed by atoms with Crippen molar-refractivity contribution in [3.8, 4) is 28.6 Å². The van der Waals surface area contributed by atoms with E-state index in [1.165, 1.54) is 0 Å². The fourth-order valence-electron chi connectivity index (χ4n) is 4.79. The highest BCUT2D eigenvalue weighted by atomic mass is 16.5. The fraction of sp³-hybridized carbons (Fsp3) is 0.360. The zero-order valence-corrected chi connectivity index (χ0v) is 19.9. The molecule has 2 aliphatic rings. The van der Waals surface area contributed by atoms with E-state index in [0.29, 0.717) is 41.0 Å². The number of pyridine rings is 1. The Bertz CT molecular complexity index is 1270. The van der Waals surface area contributed by atoms with Gasteiger partial charge in [0.1, 0.15) is 6.04 Å². The fourth-order valence-corrected chi connectivity index (χ4v) is 4.79. The second kappa shape index (κ2) is 8.16. The van der Waals surface area contributed by atoms with Crippen molar-refractivity contribution in [1.29, 1.82) is 0 Å². The SMILES string of the molecule is COc1cc(-c2nc3n(n2)[C@H](c2cccnc2)C2=C(CC(C)(C)CC2=O)N3)cc(OC)c1OC.